The van der Waals surface area contributed by atoms with Crippen LogP contribution in [0.5, 0.6) is 0 Å². The fraction of sp³-hybridized carbons (Fsp3) is 1.00. The van der Waals surface area contributed by atoms with E-state index in [0.717, 1.165) is 0 Å². The maximum Gasteiger partial charge on any atom is 0.144 e. The van der Waals surface area contributed by atoms with Crippen LogP contribution in [0.2, 0.25) is 0 Å². The fourth-order valence-corrected chi connectivity index (χ4v) is 1.92. The molecule has 0 aliphatic carbocycles. The van der Waals surface area contributed by atoms with Gasteiger partial charge in [0, 0.05) is 12.8 Å². The van der Waals surface area contributed by atoms with Gasteiger partial charge in [-0.3, -0.25) is 0 Å². The number of rotatable bonds is 9. The van der Waals surface area contributed by atoms with Crippen LogP contribution in [0.15, 0.2) is 0 Å². The van der Waals surface area contributed by atoms with Gasteiger partial charge in [0.2, 0.25) is 0 Å². The molecule has 0 atom stereocenters. The summed E-state index contributed by atoms with van der Waals surface area (Å²) in [5, 5.41) is 5.09. The van der Waals surface area contributed by atoms with Crippen LogP contribution < -0.4 is 5.01 Å². The molecule has 0 aliphatic heterocycles. The molecule has 0 saturated heterocycles. The van der Waals surface area contributed by atoms with Gasteiger partial charge in [0.1, 0.15) is 13.1 Å². The summed E-state index contributed by atoms with van der Waals surface area (Å²) in [6.45, 7) is 15.0. The molecule has 0 unspecified atom stereocenters. The van der Waals surface area contributed by atoms with E-state index in [1.54, 1.807) is 0 Å². The molecule has 0 aromatic rings. The van der Waals surface area contributed by atoms with Crippen LogP contribution >= 0.6 is 0 Å². The molecule has 0 N–H and O–H groups in total. The topological polar surface area (TPSA) is 9.14 Å². The van der Waals surface area contributed by atoms with E-state index in [9.17, 15) is 0 Å². The smallest absolute Gasteiger partial charge is 0.104 e. The Kier molecular flexibility index (Phi) is 9.12. The van der Waals surface area contributed by atoms with E-state index >= 15 is 0 Å². The van der Waals surface area contributed by atoms with Gasteiger partial charge in [0.05, 0.1) is 12.6 Å². The van der Waals surface area contributed by atoms with E-state index in [4.69, 9.17) is 0 Å². The number of nitrogens with zero attached hydrogens (tertiary/aromatic N) is 2. The summed E-state index contributed by atoms with van der Waals surface area (Å²) >= 11 is 0. The van der Waals surface area contributed by atoms with Crippen LogP contribution in [0.4, 0.5) is 0 Å². The molecule has 0 aromatic heterocycles. The van der Waals surface area contributed by atoms with E-state index < -0.39 is 0 Å². The first-order chi connectivity index (χ1) is 7.17. The Morgan fingerprint density at radius 3 is 2.00 bits per heavy atom. The van der Waals surface area contributed by atoms with Crippen molar-refractivity contribution in [3.05, 3.63) is 0 Å². The summed E-state index contributed by atoms with van der Waals surface area (Å²) in [7, 11) is 0. The number of hydrogen-bond acceptors (Lipinski definition) is 2. The Hall–Kier alpha value is -0.0800. The monoisotopic (exact) mass is 214 g/mol. The summed E-state index contributed by atoms with van der Waals surface area (Å²) in [5.74, 6) is 0. The first-order valence-corrected chi connectivity index (χ1v) is 6.68. The van der Waals surface area contributed by atoms with Crippen LogP contribution in [-0.4, -0.2) is 30.7 Å². The van der Waals surface area contributed by atoms with Crippen LogP contribution in [0.25, 0.3) is 0 Å². The second-order valence-corrected chi connectivity index (χ2v) is 4.56. The third-order valence-corrected chi connectivity index (χ3v) is 2.66. The number of hydrogen-bond donors (Lipinski definition) is 0. The second kappa shape index (κ2) is 9.17. The maximum absolute atomic E-state index is 2.55. The Balaban J connectivity index is 4.23. The van der Waals surface area contributed by atoms with Crippen molar-refractivity contribution in [2.75, 3.05) is 19.6 Å². The molecule has 91 valence electrons. The standard InChI is InChI=1S/C13H30N2/c1-6-9-12-14(10-7-2)15(11-8-3)13(4)5/h13H,6-12H2,1-5H3/q+1. The first kappa shape index (κ1) is 14.9. The SMILES string of the molecule is CCCC[N+](CCC)N(CCC)C(C)C. The predicted molar refractivity (Wildman–Crippen MR) is 69.2 cm³/mol. The highest BCUT2D eigenvalue weighted by Crippen LogP contribution is 2.05. The van der Waals surface area contributed by atoms with Gasteiger partial charge in [0.15, 0.2) is 0 Å². The highest BCUT2D eigenvalue weighted by molar-refractivity contribution is 4.66. The molecular formula is C13H30N2+. The lowest BCUT2D eigenvalue weighted by atomic mass is 10.3. The van der Waals surface area contributed by atoms with Gasteiger partial charge in [-0.15, -0.1) is 5.01 Å². The molecule has 0 aliphatic rings. The first-order valence-electron chi connectivity index (χ1n) is 6.68. The highest BCUT2D eigenvalue weighted by atomic mass is 15.6. The summed E-state index contributed by atoms with van der Waals surface area (Å²) in [4.78, 5) is 0. The zero-order valence-electron chi connectivity index (χ0n) is 11.4. The third-order valence-electron chi connectivity index (χ3n) is 2.66. The molecule has 0 saturated carbocycles. The van der Waals surface area contributed by atoms with Crippen molar-refractivity contribution < 1.29 is 0 Å². The van der Waals surface area contributed by atoms with Crippen LogP contribution in [-0.2, 0) is 0 Å². The maximum atomic E-state index is 2.55. The molecule has 15 heavy (non-hydrogen) atoms. The van der Waals surface area contributed by atoms with E-state index in [2.05, 4.69) is 44.6 Å². The lowest BCUT2D eigenvalue weighted by Gasteiger charge is -2.27. The molecule has 0 heterocycles. The predicted octanol–water partition coefficient (Wildman–Crippen LogP) is 3.37. The van der Waals surface area contributed by atoms with Crippen LogP contribution in [0.3, 0.4) is 0 Å². The minimum absolute atomic E-state index is 0.633. The van der Waals surface area contributed by atoms with E-state index in [1.807, 2.05) is 0 Å². The van der Waals surface area contributed by atoms with Gasteiger partial charge in [-0.25, -0.2) is 0 Å². The lowest BCUT2D eigenvalue weighted by Crippen LogP contribution is -2.52. The summed E-state index contributed by atoms with van der Waals surface area (Å²) in [6.07, 6.45) is 5.09. The average Bonchev–Trinajstić information content (AvgIpc) is 2.21. The molecule has 2 heteroatoms. The Bertz CT molecular complexity index is 134. The molecule has 0 spiro atoms. The van der Waals surface area contributed by atoms with Crippen molar-refractivity contribution in [3.8, 4) is 0 Å². The normalized spacial score (nSPS) is 12.0. The van der Waals surface area contributed by atoms with E-state index in [0.29, 0.717) is 6.04 Å². The van der Waals surface area contributed by atoms with Crippen LogP contribution in [0.1, 0.15) is 60.3 Å². The Labute approximate surface area is 96.6 Å². The quantitative estimate of drug-likeness (QED) is 0.422. The van der Waals surface area contributed by atoms with Crippen molar-refractivity contribution in [2.45, 2.75) is 66.3 Å². The summed E-state index contributed by atoms with van der Waals surface area (Å²) in [5.41, 5.74) is 0. The van der Waals surface area contributed by atoms with Crippen molar-refractivity contribution in [1.82, 2.24) is 10.0 Å². The highest BCUT2D eigenvalue weighted by Gasteiger charge is 2.25. The van der Waals surface area contributed by atoms with Gasteiger partial charge >= 0.3 is 0 Å². The van der Waals surface area contributed by atoms with Gasteiger partial charge < -0.3 is 0 Å². The van der Waals surface area contributed by atoms with Crippen molar-refractivity contribution in [3.63, 3.8) is 0 Å². The van der Waals surface area contributed by atoms with Crippen LogP contribution in [0, 0.1) is 0 Å². The van der Waals surface area contributed by atoms with Gasteiger partial charge in [-0.2, -0.15) is 0 Å². The molecule has 0 amide bonds. The molecule has 0 aromatic carbocycles. The number of unbranched alkanes of at least 4 members (excludes halogenated alkanes) is 1. The molecule has 0 rings (SSSR count). The minimum Gasteiger partial charge on any atom is -0.104 e. The largest absolute Gasteiger partial charge is 0.144 e. The molecular weight excluding hydrogens is 184 g/mol. The zero-order valence-corrected chi connectivity index (χ0v) is 11.4. The Morgan fingerprint density at radius 2 is 1.60 bits per heavy atom. The zero-order chi connectivity index (χ0) is 11.7. The summed E-state index contributed by atoms with van der Waals surface area (Å²) < 4.78 is 0. The van der Waals surface area contributed by atoms with Crippen molar-refractivity contribution in [1.29, 1.82) is 0 Å². The molecule has 1 radical (unpaired) electrons. The molecule has 0 bridgehead atoms. The number of hydrazine groups is 1. The van der Waals surface area contributed by atoms with E-state index in [-0.39, 0.29) is 0 Å². The van der Waals surface area contributed by atoms with E-state index in [1.165, 1.54) is 45.3 Å². The lowest BCUT2D eigenvalue weighted by molar-refractivity contribution is 0.0333. The van der Waals surface area contributed by atoms with Crippen molar-refractivity contribution >= 4 is 0 Å². The average molecular weight is 214 g/mol. The molecule has 0 fully saturated rings. The minimum atomic E-state index is 0.633. The van der Waals surface area contributed by atoms with Crippen molar-refractivity contribution in [2.24, 2.45) is 0 Å². The Morgan fingerprint density at radius 1 is 0.933 bits per heavy atom. The fourth-order valence-electron chi connectivity index (χ4n) is 1.92. The summed E-state index contributed by atoms with van der Waals surface area (Å²) in [6, 6.07) is 0.633. The van der Waals surface area contributed by atoms with Gasteiger partial charge in [-0.05, 0) is 20.3 Å². The second-order valence-electron chi connectivity index (χ2n) is 4.56. The van der Waals surface area contributed by atoms with Gasteiger partial charge in [0.25, 0.3) is 0 Å². The third kappa shape index (κ3) is 6.16. The van der Waals surface area contributed by atoms with Gasteiger partial charge in [-0.1, -0.05) is 32.2 Å². The molecule has 2 nitrogen and oxygen atoms in total.